The third-order valence-corrected chi connectivity index (χ3v) is 2.94. The van der Waals surface area contributed by atoms with Crippen LogP contribution in [0.5, 0.6) is 11.5 Å². The molecule has 0 aliphatic heterocycles. The summed E-state index contributed by atoms with van der Waals surface area (Å²) in [7, 11) is 3.11. The van der Waals surface area contributed by atoms with Crippen LogP contribution in [-0.2, 0) is 6.54 Å². The maximum atomic E-state index is 12.1. The molecule has 0 radical (unpaired) electrons. The number of methoxy groups -OCH3 is 2. The monoisotopic (exact) mass is 271 g/mol. The minimum atomic E-state index is -0.144. The van der Waals surface area contributed by atoms with Crippen molar-refractivity contribution in [3.63, 3.8) is 0 Å². The Bertz CT molecular complexity index is 582. The molecule has 0 spiro atoms. The van der Waals surface area contributed by atoms with E-state index in [1.165, 1.54) is 0 Å². The molecule has 0 bridgehead atoms. The van der Waals surface area contributed by atoms with Crippen LogP contribution < -0.4 is 14.8 Å². The molecule has 1 amide bonds. The van der Waals surface area contributed by atoms with Crippen molar-refractivity contribution in [3.8, 4) is 11.5 Å². The van der Waals surface area contributed by atoms with E-state index in [9.17, 15) is 4.79 Å². The molecule has 0 saturated carbocycles. The van der Waals surface area contributed by atoms with Gasteiger partial charge >= 0.3 is 0 Å². The average Bonchev–Trinajstić information content (AvgIpc) is 2.52. The van der Waals surface area contributed by atoms with E-state index >= 15 is 0 Å². The molecule has 1 N–H and O–H groups in total. The largest absolute Gasteiger partial charge is 0.493 e. The lowest BCUT2D eigenvalue weighted by atomic mass is 10.1. The van der Waals surface area contributed by atoms with Crippen molar-refractivity contribution in [3.05, 3.63) is 59.7 Å². The van der Waals surface area contributed by atoms with Crippen LogP contribution >= 0.6 is 0 Å². The van der Waals surface area contributed by atoms with E-state index in [-0.39, 0.29) is 5.91 Å². The Kier molecular flexibility index (Phi) is 4.60. The summed E-state index contributed by atoms with van der Waals surface area (Å²) in [5.41, 5.74) is 1.60. The molecule has 0 heterocycles. The van der Waals surface area contributed by atoms with Gasteiger partial charge in [-0.05, 0) is 23.8 Å². The molecular formula is C16H17NO3. The molecule has 2 rings (SSSR count). The van der Waals surface area contributed by atoms with E-state index in [1.54, 1.807) is 32.4 Å². The Morgan fingerprint density at radius 1 is 1.00 bits per heavy atom. The maximum absolute atomic E-state index is 12.1. The van der Waals surface area contributed by atoms with Gasteiger partial charge in [0.2, 0.25) is 0 Å². The van der Waals surface area contributed by atoms with Crippen LogP contribution in [0.1, 0.15) is 15.9 Å². The molecule has 0 saturated heterocycles. The van der Waals surface area contributed by atoms with Gasteiger partial charge in [-0.1, -0.05) is 30.3 Å². The van der Waals surface area contributed by atoms with Crippen LogP contribution in [0.15, 0.2) is 48.5 Å². The second-order valence-electron chi connectivity index (χ2n) is 4.24. The molecule has 0 aromatic heterocycles. The number of ether oxygens (including phenoxy) is 2. The molecule has 2 aromatic rings. The number of rotatable bonds is 5. The van der Waals surface area contributed by atoms with Crippen molar-refractivity contribution in [1.82, 2.24) is 5.32 Å². The summed E-state index contributed by atoms with van der Waals surface area (Å²) in [5, 5.41) is 2.87. The van der Waals surface area contributed by atoms with Gasteiger partial charge in [-0.2, -0.15) is 0 Å². The summed E-state index contributed by atoms with van der Waals surface area (Å²) in [6.45, 7) is 0.494. The highest BCUT2D eigenvalue weighted by molar-refractivity contribution is 5.94. The van der Waals surface area contributed by atoms with E-state index in [4.69, 9.17) is 9.47 Å². The molecular weight excluding hydrogens is 254 g/mol. The van der Waals surface area contributed by atoms with E-state index in [2.05, 4.69) is 5.32 Å². The minimum Gasteiger partial charge on any atom is -0.493 e. The highest BCUT2D eigenvalue weighted by Gasteiger charge is 2.10. The highest BCUT2D eigenvalue weighted by atomic mass is 16.5. The number of carbonyl (C=O) groups excluding carboxylic acids is 1. The van der Waals surface area contributed by atoms with Gasteiger partial charge < -0.3 is 14.8 Å². The molecule has 0 aliphatic carbocycles. The molecule has 4 nitrogen and oxygen atoms in total. The fraction of sp³-hybridized carbons (Fsp3) is 0.188. The second-order valence-corrected chi connectivity index (χ2v) is 4.24. The number of amides is 1. The molecule has 0 fully saturated rings. The number of carbonyl (C=O) groups is 1. The normalized spacial score (nSPS) is 9.90. The first-order valence-electron chi connectivity index (χ1n) is 6.28. The zero-order valence-electron chi connectivity index (χ0n) is 11.6. The smallest absolute Gasteiger partial charge is 0.251 e. The number of nitrogens with one attached hydrogen (secondary N) is 1. The SMILES string of the molecule is COc1ccc(C(=O)NCc2ccccc2)cc1OC. The van der Waals surface area contributed by atoms with Gasteiger partial charge in [0.05, 0.1) is 14.2 Å². The van der Waals surface area contributed by atoms with Crippen LogP contribution in [0.3, 0.4) is 0 Å². The summed E-state index contributed by atoms with van der Waals surface area (Å²) < 4.78 is 10.3. The van der Waals surface area contributed by atoms with Crippen molar-refractivity contribution >= 4 is 5.91 Å². The molecule has 0 unspecified atom stereocenters. The lowest BCUT2D eigenvalue weighted by molar-refractivity contribution is 0.0950. The van der Waals surface area contributed by atoms with Gasteiger partial charge in [-0.25, -0.2) is 0 Å². The first kappa shape index (κ1) is 13.9. The molecule has 104 valence electrons. The average molecular weight is 271 g/mol. The number of hydrogen-bond acceptors (Lipinski definition) is 3. The Morgan fingerprint density at radius 3 is 2.35 bits per heavy atom. The molecule has 0 aliphatic rings. The van der Waals surface area contributed by atoms with Crippen LogP contribution in [0.4, 0.5) is 0 Å². The highest BCUT2D eigenvalue weighted by Crippen LogP contribution is 2.27. The summed E-state index contributed by atoms with van der Waals surface area (Å²) in [6.07, 6.45) is 0. The van der Waals surface area contributed by atoms with Gasteiger partial charge in [0.15, 0.2) is 11.5 Å². The Morgan fingerprint density at radius 2 is 1.70 bits per heavy atom. The van der Waals surface area contributed by atoms with Crippen LogP contribution in [0, 0.1) is 0 Å². The van der Waals surface area contributed by atoms with E-state index in [0.717, 1.165) is 5.56 Å². The molecule has 2 aromatic carbocycles. The van der Waals surface area contributed by atoms with Gasteiger partial charge in [0, 0.05) is 12.1 Å². The van der Waals surface area contributed by atoms with Gasteiger partial charge in [0.25, 0.3) is 5.91 Å². The topological polar surface area (TPSA) is 47.6 Å². The predicted octanol–water partition coefficient (Wildman–Crippen LogP) is 2.63. The lowest BCUT2D eigenvalue weighted by Crippen LogP contribution is -2.22. The molecule has 20 heavy (non-hydrogen) atoms. The first-order chi connectivity index (χ1) is 9.74. The first-order valence-corrected chi connectivity index (χ1v) is 6.28. The number of hydrogen-bond donors (Lipinski definition) is 1. The Labute approximate surface area is 118 Å². The van der Waals surface area contributed by atoms with Gasteiger partial charge in [0.1, 0.15) is 0 Å². The van der Waals surface area contributed by atoms with Crippen molar-refractivity contribution < 1.29 is 14.3 Å². The summed E-state index contributed by atoms with van der Waals surface area (Å²) >= 11 is 0. The number of benzene rings is 2. The zero-order valence-corrected chi connectivity index (χ0v) is 11.6. The minimum absolute atomic E-state index is 0.144. The fourth-order valence-electron chi connectivity index (χ4n) is 1.86. The zero-order chi connectivity index (χ0) is 14.4. The van der Waals surface area contributed by atoms with Crippen molar-refractivity contribution in [2.75, 3.05) is 14.2 Å². The third-order valence-electron chi connectivity index (χ3n) is 2.94. The Balaban J connectivity index is 2.06. The third kappa shape index (κ3) is 3.29. The maximum Gasteiger partial charge on any atom is 0.251 e. The lowest BCUT2D eigenvalue weighted by Gasteiger charge is -2.10. The Hall–Kier alpha value is -2.49. The van der Waals surface area contributed by atoms with Crippen LogP contribution in [0.25, 0.3) is 0 Å². The predicted molar refractivity (Wildman–Crippen MR) is 77.2 cm³/mol. The molecule has 0 atom stereocenters. The van der Waals surface area contributed by atoms with Crippen LogP contribution in [-0.4, -0.2) is 20.1 Å². The standard InChI is InChI=1S/C16H17NO3/c1-19-14-9-8-13(10-15(14)20-2)16(18)17-11-12-6-4-3-5-7-12/h3-10H,11H2,1-2H3,(H,17,18). The van der Waals surface area contributed by atoms with Gasteiger partial charge in [-0.15, -0.1) is 0 Å². The van der Waals surface area contributed by atoms with Crippen molar-refractivity contribution in [2.45, 2.75) is 6.54 Å². The quantitative estimate of drug-likeness (QED) is 0.909. The van der Waals surface area contributed by atoms with Crippen molar-refractivity contribution in [1.29, 1.82) is 0 Å². The fourth-order valence-corrected chi connectivity index (χ4v) is 1.86. The van der Waals surface area contributed by atoms with Crippen LogP contribution in [0.2, 0.25) is 0 Å². The summed E-state index contributed by atoms with van der Waals surface area (Å²) in [4.78, 5) is 12.1. The van der Waals surface area contributed by atoms with Crippen molar-refractivity contribution in [2.24, 2.45) is 0 Å². The van der Waals surface area contributed by atoms with E-state index in [1.807, 2.05) is 30.3 Å². The van der Waals surface area contributed by atoms with Gasteiger partial charge in [-0.3, -0.25) is 4.79 Å². The van der Waals surface area contributed by atoms with E-state index < -0.39 is 0 Å². The summed E-state index contributed by atoms with van der Waals surface area (Å²) in [5.74, 6) is 1.00. The second kappa shape index (κ2) is 6.61. The molecule has 4 heteroatoms. The summed E-state index contributed by atoms with van der Waals surface area (Å²) in [6, 6.07) is 14.9. The van der Waals surface area contributed by atoms with E-state index in [0.29, 0.717) is 23.6 Å².